The van der Waals surface area contributed by atoms with Gasteiger partial charge in [-0.2, -0.15) is 0 Å². The Balaban J connectivity index is 1.45. The predicted molar refractivity (Wildman–Crippen MR) is 97.2 cm³/mol. The minimum absolute atomic E-state index is 0.00347. The predicted octanol–water partition coefficient (Wildman–Crippen LogP) is 3.40. The van der Waals surface area contributed by atoms with Crippen molar-refractivity contribution < 1.29 is 4.79 Å². The van der Waals surface area contributed by atoms with Crippen molar-refractivity contribution in [3.05, 3.63) is 40.4 Å². The topological polar surface area (TPSA) is 58.1 Å². The van der Waals surface area contributed by atoms with E-state index in [2.05, 4.69) is 51.6 Å². The van der Waals surface area contributed by atoms with Gasteiger partial charge in [0.05, 0.1) is 6.54 Å². The lowest BCUT2D eigenvalue weighted by Gasteiger charge is -2.24. The molecule has 0 atom stereocenters. The number of nitrogens with one attached hydrogen (secondary N) is 1. The summed E-state index contributed by atoms with van der Waals surface area (Å²) in [5.41, 5.74) is 2.41. The van der Waals surface area contributed by atoms with Crippen LogP contribution in [-0.4, -0.2) is 34.1 Å². The van der Waals surface area contributed by atoms with Gasteiger partial charge in [0.1, 0.15) is 5.01 Å². The van der Waals surface area contributed by atoms with E-state index in [4.69, 9.17) is 0 Å². The molecule has 2 aromatic rings. The second kappa shape index (κ2) is 8.35. The molecule has 1 N–H and O–H groups in total. The first-order chi connectivity index (χ1) is 11.7. The average Bonchev–Trinajstić information content (AvgIpc) is 3.02. The molecule has 24 heavy (non-hydrogen) atoms. The molecule has 3 rings (SSSR count). The van der Waals surface area contributed by atoms with Crippen LogP contribution in [0.3, 0.4) is 0 Å². The van der Waals surface area contributed by atoms with E-state index < -0.39 is 0 Å². The summed E-state index contributed by atoms with van der Waals surface area (Å²) in [7, 11) is 0. The standard InChI is InChI=1S/C18H24N4OS/c1-14-5-7-15(8-6-14)9-10-16(23)19-18-21-20-17(24-18)13-22-11-3-2-4-12-22/h5-8H,2-4,9-13H2,1H3,(H,19,21,23). The molecule has 0 bridgehead atoms. The third-order valence-electron chi connectivity index (χ3n) is 4.28. The Morgan fingerprint density at radius 3 is 2.67 bits per heavy atom. The van der Waals surface area contributed by atoms with Crippen molar-refractivity contribution >= 4 is 22.4 Å². The summed E-state index contributed by atoms with van der Waals surface area (Å²) < 4.78 is 0. The van der Waals surface area contributed by atoms with Gasteiger partial charge in [-0.25, -0.2) is 0 Å². The third-order valence-corrected chi connectivity index (χ3v) is 5.11. The van der Waals surface area contributed by atoms with Crippen molar-refractivity contribution in [2.24, 2.45) is 0 Å². The van der Waals surface area contributed by atoms with Crippen molar-refractivity contribution in [2.45, 2.75) is 45.6 Å². The van der Waals surface area contributed by atoms with Crippen LogP contribution in [0.15, 0.2) is 24.3 Å². The fourth-order valence-corrected chi connectivity index (χ4v) is 3.67. The Labute approximate surface area is 147 Å². The van der Waals surface area contributed by atoms with Crippen LogP contribution in [0.25, 0.3) is 0 Å². The highest BCUT2D eigenvalue weighted by molar-refractivity contribution is 7.15. The lowest BCUT2D eigenvalue weighted by atomic mass is 10.1. The molecule has 1 saturated heterocycles. The smallest absolute Gasteiger partial charge is 0.226 e. The van der Waals surface area contributed by atoms with E-state index in [9.17, 15) is 4.79 Å². The molecule has 1 aromatic carbocycles. The van der Waals surface area contributed by atoms with Crippen LogP contribution in [-0.2, 0) is 17.8 Å². The van der Waals surface area contributed by atoms with E-state index in [1.165, 1.54) is 41.7 Å². The number of nitrogens with zero attached hydrogens (tertiary/aromatic N) is 3. The Hall–Kier alpha value is -1.79. The maximum Gasteiger partial charge on any atom is 0.226 e. The number of hydrogen-bond donors (Lipinski definition) is 1. The molecule has 1 aromatic heterocycles. The lowest BCUT2D eigenvalue weighted by Crippen LogP contribution is -2.28. The highest BCUT2D eigenvalue weighted by Crippen LogP contribution is 2.19. The van der Waals surface area contributed by atoms with Crippen LogP contribution in [0.2, 0.25) is 0 Å². The van der Waals surface area contributed by atoms with Gasteiger partial charge in [0.2, 0.25) is 11.0 Å². The lowest BCUT2D eigenvalue weighted by molar-refractivity contribution is -0.116. The summed E-state index contributed by atoms with van der Waals surface area (Å²) in [6, 6.07) is 8.30. The number of aryl methyl sites for hydroxylation is 2. The highest BCUT2D eigenvalue weighted by Gasteiger charge is 2.14. The molecule has 1 aliphatic rings. The fraction of sp³-hybridized carbons (Fsp3) is 0.500. The maximum atomic E-state index is 12.1. The first kappa shape index (κ1) is 17.0. The van der Waals surface area contributed by atoms with Gasteiger partial charge in [0.25, 0.3) is 0 Å². The van der Waals surface area contributed by atoms with Crippen molar-refractivity contribution in [3.8, 4) is 0 Å². The van der Waals surface area contributed by atoms with Crippen molar-refractivity contribution in [1.82, 2.24) is 15.1 Å². The first-order valence-corrected chi connectivity index (χ1v) is 9.41. The molecule has 5 nitrogen and oxygen atoms in total. The minimum atomic E-state index is -0.00347. The summed E-state index contributed by atoms with van der Waals surface area (Å²) in [6.45, 7) is 5.18. The Morgan fingerprint density at radius 1 is 1.17 bits per heavy atom. The van der Waals surface area contributed by atoms with Crippen LogP contribution in [0.4, 0.5) is 5.13 Å². The van der Waals surface area contributed by atoms with Crippen LogP contribution in [0.1, 0.15) is 41.8 Å². The molecule has 6 heteroatoms. The monoisotopic (exact) mass is 344 g/mol. The second-order valence-corrected chi connectivity index (χ2v) is 7.43. The van der Waals surface area contributed by atoms with Crippen LogP contribution < -0.4 is 5.32 Å². The number of piperidine rings is 1. The summed E-state index contributed by atoms with van der Waals surface area (Å²) >= 11 is 1.48. The molecular weight excluding hydrogens is 320 g/mol. The molecule has 128 valence electrons. The van der Waals surface area contributed by atoms with Gasteiger partial charge in [-0.15, -0.1) is 10.2 Å². The molecule has 0 aliphatic carbocycles. The minimum Gasteiger partial charge on any atom is -0.301 e. The van der Waals surface area contributed by atoms with E-state index >= 15 is 0 Å². The van der Waals surface area contributed by atoms with Crippen molar-refractivity contribution in [1.29, 1.82) is 0 Å². The molecule has 1 aliphatic heterocycles. The van der Waals surface area contributed by atoms with E-state index in [1.54, 1.807) is 0 Å². The van der Waals surface area contributed by atoms with Gasteiger partial charge < -0.3 is 5.32 Å². The zero-order valence-electron chi connectivity index (χ0n) is 14.1. The number of amides is 1. The molecule has 0 unspecified atom stereocenters. The largest absolute Gasteiger partial charge is 0.301 e. The Kier molecular flexibility index (Phi) is 5.93. The highest BCUT2D eigenvalue weighted by atomic mass is 32.1. The maximum absolute atomic E-state index is 12.1. The molecule has 0 radical (unpaired) electrons. The van der Waals surface area contributed by atoms with E-state index in [1.807, 2.05) is 0 Å². The van der Waals surface area contributed by atoms with Crippen molar-refractivity contribution in [3.63, 3.8) is 0 Å². The molecule has 0 spiro atoms. The summed E-state index contributed by atoms with van der Waals surface area (Å²) in [5.74, 6) is -0.00347. The van der Waals surface area contributed by atoms with Gasteiger partial charge in [-0.05, 0) is 44.8 Å². The van der Waals surface area contributed by atoms with Gasteiger partial charge >= 0.3 is 0 Å². The molecule has 0 saturated carbocycles. The van der Waals surface area contributed by atoms with E-state index in [-0.39, 0.29) is 5.91 Å². The SMILES string of the molecule is Cc1ccc(CCC(=O)Nc2nnc(CN3CCCCC3)s2)cc1. The normalized spacial score (nSPS) is 15.4. The van der Waals surface area contributed by atoms with Crippen LogP contribution in [0, 0.1) is 6.92 Å². The zero-order chi connectivity index (χ0) is 16.8. The van der Waals surface area contributed by atoms with Crippen LogP contribution in [0.5, 0.6) is 0 Å². The average molecular weight is 344 g/mol. The fourth-order valence-electron chi connectivity index (χ4n) is 2.87. The Bertz CT molecular complexity index is 662. The molecule has 1 fully saturated rings. The van der Waals surface area contributed by atoms with Crippen LogP contribution >= 0.6 is 11.3 Å². The number of rotatable bonds is 6. The van der Waals surface area contributed by atoms with Gasteiger partial charge in [0.15, 0.2) is 0 Å². The molecule has 2 heterocycles. The van der Waals surface area contributed by atoms with E-state index in [0.717, 1.165) is 31.1 Å². The van der Waals surface area contributed by atoms with Crippen molar-refractivity contribution in [2.75, 3.05) is 18.4 Å². The quantitative estimate of drug-likeness (QED) is 0.872. The molecular formula is C18H24N4OS. The second-order valence-electron chi connectivity index (χ2n) is 6.37. The van der Waals surface area contributed by atoms with Gasteiger partial charge in [-0.3, -0.25) is 9.69 Å². The van der Waals surface area contributed by atoms with E-state index in [0.29, 0.717) is 11.6 Å². The number of likely N-dealkylation sites (tertiary alicyclic amines) is 1. The number of carbonyl (C=O) groups excluding carboxylic acids is 1. The number of benzene rings is 1. The molecule has 1 amide bonds. The number of hydrogen-bond acceptors (Lipinski definition) is 5. The third kappa shape index (κ3) is 5.11. The van der Waals surface area contributed by atoms with Gasteiger partial charge in [0, 0.05) is 6.42 Å². The summed E-state index contributed by atoms with van der Waals surface area (Å²) in [6.07, 6.45) is 5.06. The first-order valence-electron chi connectivity index (χ1n) is 8.59. The summed E-state index contributed by atoms with van der Waals surface area (Å²) in [4.78, 5) is 14.5. The number of aromatic nitrogens is 2. The zero-order valence-corrected chi connectivity index (χ0v) is 14.9. The summed E-state index contributed by atoms with van der Waals surface area (Å²) in [5, 5.41) is 12.8. The van der Waals surface area contributed by atoms with Gasteiger partial charge in [-0.1, -0.05) is 47.6 Å². The Morgan fingerprint density at radius 2 is 1.92 bits per heavy atom. The number of anilines is 1. The number of carbonyl (C=O) groups is 1.